The maximum Gasteiger partial charge on any atom is 0.342 e. The van der Waals surface area contributed by atoms with Crippen molar-refractivity contribution in [3.05, 3.63) is 53.3 Å². The van der Waals surface area contributed by atoms with Crippen molar-refractivity contribution in [2.24, 2.45) is 0 Å². The largest absolute Gasteiger partial charge is 0.462 e. The molecule has 20 heavy (non-hydrogen) atoms. The SMILES string of the molecule is CCOC(=O)c1c(NC(=O)c2ccccc2)c[nH]c1C. The number of aryl methyl sites for hydroxylation is 1. The molecule has 104 valence electrons. The first-order valence-electron chi connectivity index (χ1n) is 6.35. The molecule has 0 unspecified atom stereocenters. The molecule has 0 aliphatic rings. The van der Waals surface area contributed by atoms with Gasteiger partial charge in [0.2, 0.25) is 0 Å². The molecule has 1 amide bonds. The predicted molar refractivity (Wildman–Crippen MR) is 75.9 cm³/mol. The molecule has 5 heteroatoms. The summed E-state index contributed by atoms with van der Waals surface area (Å²) in [7, 11) is 0. The fraction of sp³-hybridized carbons (Fsp3) is 0.200. The van der Waals surface area contributed by atoms with Gasteiger partial charge in [-0.05, 0) is 26.0 Å². The third-order valence-electron chi connectivity index (χ3n) is 2.84. The maximum atomic E-state index is 12.1. The Bertz CT molecular complexity index is 617. The van der Waals surface area contributed by atoms with Crippen LogP contribution in [0.2, 0.25) is 0 Å². The second kappa shape index (κ2) is 6.06. The van der Waals surface area contributed by atoms with Crippen LogP contribution in [0.3, 0.4) is 0 Å². The molecule has 0 atom stereocenters. The molecule has 0 saturated heterocycles. The Morgan fingerprint density at radius 3 is 2.60 bits per heavy atom. The van der Waals surface area contributed by atoms with Gasteiger partial charge in [0.05, 0.1) is 12.3 Å². The minimum absolute atomic E-state index is 0.268. The van der Waals surface area contributed by atoms with E-state index in [0.29, 0.717) is 22.5 Å². The average Bonchev–Trinajstić information content (AvgIpc) is 2.81. The molecule has 0 aliphatic carbocycles. The molecule has 0 fully saturated rings. The smallest absolute Gasteiger partial charge is 0.342 e. The van der Waals surface area contributed by atoms with E-state index in [4.69, 9.17) is 4.74 Å². The zero-order valence-corrected chi connectivity index (χ0v) is 11.4. The Morgan fingerprint density at radius 1 is 1.25 bits per heavy atom. The van der Waals surface area contributed by atoms with Crippen LogP contribution in [-0.4, -0.2) is 23.5 Å². The molecular weight excluding hydrogens is 256 g/mol. The summed E-state index contributed by atoms with van der Waals surface area (Å²) in [6, 6.07) is 8.81. The van der Waals surface area contributed by atoms with Crippen LogP contribution in [-0.2, 0) is 4.74 Å². The van der Waals surface area contributed by atoms with Gasteiger partial charge in [-0.1, -0.05) is 18.2 Å². The van der Waals surface area contributed by atoms with E-state index in [1.54, 1.807) is 44.3 Å². The van der Waals surface area contributed by atoms with Crippen molar-refractivity contribution in [2.45, 2.75) is 13.8 Å². The highest BCUT2D eigenvalue weighted by Gasteiger charge is 2.19. The van der Waals surface area contributed by atoms with E-state index < -0.39 is 5.97 Å². The molecule has 0 spiro atoms. The molecular formula is C15H16N2O3. The van der Waals surface area contributed by atoms with Crippen LogP contribution in [0.4, 0.5) is 5.69 Å². The highest BCUT2D eigenvalue weighted by Crippen LogP contribution is 2.21. The van der Waals surface area contributed by atoms with Crippen molar-refractivity contribution in [3.63, 3.8) is 0 Å². The zero-order chi connectivity index (χ0) is 14.5. The van der Waals surface area contributed by atoms with Gasteiger partial charge in [0.15, 0.2) is 0 Å². The zero-order valence-electron chi connectivity index (χ0n) is 11.4. The van der Waals surface area contributed by atoms with Gasteiger partial charge in [0.1, 0.15) is 5.56 Å². The van der Waals surface area contributed by atoms with Gasteiger partial charge in [-0.2, -0.15) is 0 Å². The molecule has 2 rings (SSSR count). The van der Waals surface area contributed by atoms with E-state index in [-0.39, 0.29) is 12.5 Å². The van der Waals surface area contributed by atoms with Crippen LogP contribution >= 0.6 is 0 Å². The van der Waals surface area contributed by atoms with Crippen LogP contribution in [0.15, 0.2) is 36.5 Å². The van der Waals surface area contributed by atoms with Crippen molar-refractivity contribution < 1.29 is 14.3 Å². The number of nitrogens with one attached hydrogen (secondary N) is 2. The second-order valence-electron chi connectivity index (χ2n) is 4.24. The summed E-state index contributed by atoms with van der Waals surface area (Å²) in [5, 5.41) is 2.72. The van der Waals surface area contributed by atoms with Crippen LogP contribution in [0, 0.1) is 6.92 Å². The van der Waals surface area contributed by atoms with Crippen LogP contribution in [0.5, 0.6) is 0 Å². The number of rotatable bonds is 4. The lowest BCUT2D eigenvalue weighted by Crippen LogP contribution is -2.15. The van der Waals surface area contributed by atoms with Crippen LogP contribution in [0.1, 0.15) is 33.3 Å². The summed E-state index contributed by atoms with van der Waals surface area (Å²) >= 11 is 0. The standard InChI is InChI=1S/C15H16N2O3/c1-3-20-15(19)13-10(2)16-9-12(13)17-14(18)11-7-5-4-6-8-11/h4-9,16H,3H2,1-2H3,(H,17,18). The molecule has 1 heterocycles. The summed E-state index contributed by atoms with van der Waals surface area (Å²) in [6.07, 6.45) is 1.59. The number of aromatic amines is 1. The number of benzene rings is 1. The van der Waals surface area contributed by atoms with E-state index in [1.165, 1.54) is 0 Å². The van der Waals surface area contributed by atoms with E-state index in [9.17, 15) is 9.59 Å². The quantitative estimate of drug-likeness (QED) is 0.841. The van der Waals surface area contributed by atoms with E-state index in [0.717, 1.165) is 0 Å². The van der Waals surface area contributed by atoms with Crippen LogP contribution in [0.25, 0.3) is 0 Å². The number of carbonyl (C=O) groups is 2. The lowest BCUT2D eigenvalue weighted by atomic mass is 10.2. The number of aromatic nitrogens is 1. The normalized spacial score (nSPS) is 10.1. The first kappa shape index (κ1) is 13.9. The predicted octanol–water partition coefficient (Wildman–Crippen LogP) is 2.75. The van der Waals surface area contributed by atoms with E-state index in [1.807, 2.05) is 6.07 Å². The average molecular weight is 272 g/mol. The summed E-state index contributed by atoms with van der Waals surface area (Å²) in [6.45, 7) is 3.78. The number of amides is 1. The minimum Gasteiger partial charge on any atom is -0.462 e. The van der Waals surface area contributed by atoms with E-state index >= 15 is 0 Å². The topological polar surface area (TPSA) is 71.2 Å². The van der Waals surface area contributed by atoms with Gasteiger partial charge in [0.25, 0.3) is 5.91 Å². The fourth-order valence-corrected chi connectivity index (χ4v) is 1.88. The van der Waals surface area contributed by atoms with E-state index in [2.05, 4.69) is 10.3 Å². The maximum absolute atomic E-state index is 12.1. The molecule has 2 N–H and O–H groups in total. The summed E-state index contributed by atoms with van der Waals surface area (Å²) in [4.78, 5) is 26.9. The number of carbonyl (C=O) groups excluding carboxylic acids is 2. The summed E-state index contributed by atoms with van der Waals surface area (Å²) < 4.78 is 4.98. The molecule has 1 aromatic heterocycles. The van der Waals surface area contributed by atoms with Crippen molar-refractivity contribution in [2.75, 3.05) is 11.9 Å². The number of ether oxygens (including phenoxy) is 1. The molecule has 2 aromatic rings. The lowest BCUT2D eigenvalue weighted by molar-refractivity contribution is 0.0527. The Balaban J connectivity index is 2.22. The third kappa shape index (κ3) is 2.88. The van der Waals surface area contributed by atoms with Crippen molar-refractivity contribution in [1.82, 2.24) is 4.98 Å². The molecule has 5 nitrogen and oxygen atoms in total. The molecule has 0 saturated carbocycles. The first-order chi connectivity index (χ1) is 9.63. The van der Waals surface area contributed by atoms with Gasteiger partial charge >= 0.3 is 5.97 Å². The van der Waals surface area contributed by atoms with Gasteiger partial charge in [-0.3, -0.25) is 4.79 Å². The van der Waals surface area contributed by atoms with Crippen LogP contribution < -0.4 is 5.32 Å². The number of esters is 1. The number of hydrogen-bond donors (Lipinski definition) is 2. The Morgan fingerprint density at radius 2 is 1.95 bits per heavy atom. The highest BCUT2D eigenvalue weighted by molar-refractivity contribution is 6.08. The fourth-order valence-electron chi connectivity index (χ4n) is 1.88. The number of H-pyrrole nitrogens is 1. The Labute approximate surface area is 117 Å². The molecule has 0 radical (unpaired) electrons. The summed E-state index contributed by atoms with van der Waals surface area (Å²) in [5.74, 6) is -0.718. The Hall–Kier alpha value is -2.56. The summed E-state index contributed by atoms with van der Waals surface area (Å²) in [5.41, 5.74) is 1.97. The highest BCUT2D eigenvalue weighted by atomic mass is 16.5. The van der Waals surface area contributed by atoms with Gasteiger partial charge in [0, 0.05) is 17.5 Å². The Kier molecular flexibility index (Phi) is 4.20. The minimum atomic E-state index is -0.449. The lowest BCUT2D eigenvalue weighted by Gasteiger charge is -2.07. The van der Waals surface area contributed by atoms with Gasteiger partial charge < -0.3 is 15.0 Å². The molecule has 0 bridgehead atoms. The number of anilines is 1. The first-order valence-corrected chi connectivity index (χ1v) is 6.35. The second-order valence-corrected chi connectivity index (χ2v) is 4.24. The van der Waals surface area contributed by atoms with Crippen molar-refractivity contribution in [1.29, 1.82) is 0 Å². The van der Waals surface area contributed by atoms with Crippen molar-refractivity contribution >= 4 is 17.6 Å². The van der Waals surface area contributed by atoms with Crippen molar-refractivity contribution in [3.8, 4) is 0 Å². The molecule has 0 aliphatic heterocycles. The monoisotopic (exact) mass is 272 g/mol. The number of hydrogen-bond acceptors (Lipinski definition) is 3. The van der Waals surface area contributed by atoms with Gasteiger partial charge in [-0.15, -0.1) is 0 Å². The third-order valence-corrected chi connectivity index (χ3v) is 2.84. The van der Waals surface area contributed by atoms with Gasteiger partial charge in [-0.25, -0.2) is 4.79 Å². The molecule has 1 aromatic carbocycles.